The van der Waals surface area contributed by atoms with E-state index in [0.717, 1.165) is 38.2 Å². The number of aromatic nitrogens is 1. The molecule has 1 amide bonds. The Morgan fingerprint density at radius 2 is 1.90 bits per heavy atom. The number of morpholine rings is 1. The third kappa shape index (κ3) is 5.46. The summed E-state index contributed by atoms with van der Waals surface area (Å²) in [4.78, 5) is 23.4. The van der Waals surface area contributed by atoms with Gasteiger partial charge in [-0.15, -0.1) is 0 Å². The van der Waals surface area contributed by atoms with Crippen molar-refractivity contribution < 1.29 is 14.3 Å². The van der Waals surface area contributed by atoms with E-state index in [2.05, 4.69) is 46.0 Å². The Bertz CT molecular complexity index is 900. The quantitative estimate of drug-likeness (QED) is 0.750. The number of carbonyl (C=O) groups is 1. The molecule has 1 aromatic heterocycles. The first-order valence-electron chi connectivity index (χ1n) is 11.2. The van der Waals surface area contributed by atoms with Gasteiger partial charge in [0.1, 0.15) is 5.60 Å². The second-order valence-electron chi connectivity index (χ2n) is 9.59. The first kappa shape index (κ1) is 21.8. The first-order chi connectivity index (χ1) is 14.8. The second kappa shape index (κ2) is 9.01. The molecule has 2 saturated heterocycles. The Kier molecular flexibility index (Phi) is 6.34. The van der Waals surface area contributed by atoms with Crippen LogP contribution in [0.2, 0.25) is 0 Å². The van der Waals surface area contributed by atoms with Crippen LogP contribution in [0.3, 0.4) is 0 Å². The number of ether oxygens (including phenoxy) is 2. The van der Waals surface area contributed by atoms with Crippen molar-refractivity contribution >= 4 is 22.7 Å². The molecule has 0 saturated carbocycles. The van der Waals surface area contributed by atoms with Gasteiger partial charge < -0.3 is 19.3 Å². The summed E-state index contributed by atoms with van der Waals surface area (Å²) in [6, 6.07) is 10.5. The summed E-state index contributed by atoms with van der Waals surface area (Å²) in [5.41, 5.74) is 1.79. The molecular weight excluding hydrogens is 392 g/mol. The topological polar surface area (TPSA) is 58.1 Å². The smallest absolute Gasteiger partial charge is 0.410 e. The molecule has 0 unspecified atom stereocenters. The van der Waals surface area contributed by atoms with Crippen LogP contribution in [0, 0.1) is 0 Å². The number of piperazine rings is 1. The van der Waals surface area contributed by atoms with Crippen LogP contribution in [-0.4, -0.2) is 84.5 Å². The van der Waals surface area contributed by atoms with Crippen LogP contribution in [0.15, 0.2) is 36.5 Å². The number of hydrogen-bond acceptors (Lipinski definition) is 6. The van der Waals surface area contributed by atoms with Crippen LogP contribution < -0.4 is 4.90 Å². The number of anilines is 1. The molecule has 0 spiro atoms. The number of pyridine rings is 1. The fourth-order valence-corrected chi connectivity index (χ4v) is 4.43. The number of nitrogens with zero attached hydrogens (tertiary/aromatic N) is 4. The van der Waals surface area contributed by atoms with Gasteiger partial charge in [-0.05, 0) is 52.0 Å². The summed E-state index contributed by atoms with van der Waals surface area (Å²) in [5, 5.41) is 1.18. The van der Waals surface area contributed by atoms with E-state index < -0.39 is 5.60 Å². The van der Waals surface area contributed by atoms with Crippen LogP contribution in [0.25, 0.3) is 10.9 Å². The predicted molar refractivity (Wildman–Crippen MR) is 123 cm³/mol. The van der Waals surface area contributed by atoms with Gasteiger partial charge in [-0.3, -0.25) is 9.88 Å². The second-order valence-corrected chi connectivity index (χ2v) is 9.59. The van der Waals surface area contributed by atoms with Gasteiger partial charge in [0, 0.05) is 63.1 Å². The normalized spacial score (nSPS) is 23.2. The summed E-state index contributed by atoms with van der Waals surface area (Å²) in [5.74, 6) is 0. The zero-order chi connectivity index (χ0) is 22.0. The van der Waals surface area contributed by atoms with E-state index in [9.17, 15) is 4.79 Å². The molecule has 0 aliphatic carbocycles. The maximum Gasteiger partial charge on any atom is 0.410 e. The minimum Gasteiger partial charge on any atom is -0.444 e. The lowest BCUT2D eigenvalue weighted by Gasteiger charge is -2.42. The van der Waals surface area contributed by atoms with Crippen molar-refractivity contribution in [3.63, 3.8) is 0 Å². The lowest BCUT2D eigenvalue weighted by atomic mass is 10.1. The molecule has 0 bridgehead atoms. The van der Waals surface area contributed by atoms with Crippen LogP contribution in [0.1, 0.15) is 27.7 Å². The van der Waals surface area contributed by atoms with Crippen molar-refractivity contribution in [2.45, 2.75) is 45.5 Å². The Labute approximate surface area is 184 Å². The largest absolute Gasteiger partial charge is 0.444 e. The molecule has 2 atom stereocenters. The highest BCUT2D eigenvalue weighted by Gasteiger charge is 2.30. The molecule has 2 fully saturated rings. The maximum atomic E-state index is 12.3. The Balaban J connectivity index is 1.36. The molecule has 3 heterocycles. The average Bonchev–Trinajstić information content (AvgIpc) is 2.72. The van der Waals surface area contributed by atoms with Crippen LogP contribution >= 0.6 is 0 Å². The molecule has 7 heteroatoms. The fraction of sp³-hybridized carbons (Fsp3) is 0.583. The molecule has 0 N–H and O–H groups in total. The van der Waals surface area contributed by atoms with Gasteiger partial charge in [-0.25, -0.2) is 4.79 Å². The monoisotopic (exact) mass is 426 g/mol. The van der Waals surface area contributed by atoms with Gasteiger partial charge in [0.05, 0.1) is 17.7 Å². The van der Waals surface area contributed by atoms with Gasteiger partial charge in [0.2, 0.25) is 0 Å². The molecular formula is C24H34N4O3. The predicted octanol–water partition coefficient (Wildman–Crippen LogP) is 3.38. The highest BCUT2D eigenvalue weighted by Crippen LogP contribution is 2.28. The van der Waals surface area contributed by atoms with Gasteiger partial charge in [0.25, 0.3) is 0 Å². The minimum atomic E-state index is -0.457. The Morgan fingerprint density at radius 3 is 2.65 bits per heavy atom. The Morgan fingerprint density at radius 1 is 1.13 bits per heavy atom. The summed E-state index contributed by atoms with van der Waals surface area (Å²) < 4.78 is 11.8. The molecule has 0 radical (unpaired) electrons. The van der Waals surface area contributed by atoms with Crippen molar-refractivity contribution in [2.75, 3.05) is 50.7 Å². The number of rotatable bonds is 3. The molecule has 2 aliphatic rings. The molecule has 2 aliphatic heterocycles. The van der Waals surface area contributed by atoms with E-state index >= 15 is 0 Å². The molecule has 168 valence electrons. The van der Waals surface area contributed by atoms with E-state index in [1.54, 1.807) is 0 Å². The van der Waals surface area contributed by atoms with E-state index in [1.807, 2.05) is 37.9 Å². The SMILES string of the molecule is C[C@@H]1CN(c2cccc3ncccc23)C[C@H](CN2CCN(C(=O)OC(C)(C)C)CC2)O1. The molecule has 7 nitrogen and oxygen atoms in total. The molecule has 31 heavy (non-hydrogen) atoms. The molecule has 4 rings (SSSR count). The zero-order valence-electron chi connectivity index (χ0n) is 19.1. The van der Waals surface area contributed by atoms with Crippen LogP contribution in [-0.2, 0) is 9.47 Å². The van der Waals surface area contributed by atoms with Crippen molar-refractivity contribution in [3.05, 3.63) is 36.5 Å². The highest BCUT2D eigenvalue weighted by atomic mass is 16.6. The van der Waals surface area contributed by atoms with Gasteiger partial charge >= 0.3 is 6.09 Å². The molecule has 1 aromatic carbocycles. The maximum absolute atomic E-state index is 12.3. The standard InChI is InChI=1S/C24H34N4O3/c1-18-15-28(22-9-5-8-21-20(22)7-6-10-25-21)17-19(30-18)16-26-11-13-27(14-12-26)23(29)31-24(2,3)4/h5-10,18-19H,11-17H2,1-4H3/t18-,19+/m1/s1. The van der Waals surface area contributed by atoms with Crippen molar-refractivity contribution in [1.29, 1.82) is 0 Å². The fourth-order valence-electron chi connectivity index (χ4n) is 4.43. The minimum absolute atomic E-state index is 0.128. The third-order valence-electron chi connectivity index (χ3n) is 5.78. The summed E-state index contributed by atoms with van der Waals surface area (Å²) in [6.45, 7) is 13.5. The van der Waals surface area contributed by atoms with Crippen LogP contribution in [0.4, 0.5) is 10.5 Å². The number of benzene rings is 1. The van der Waals surface area contributed by atoms with Crippen LogP contribution in [0.5, 0.6) is 0 Å². The van der Waals surface area contributed by atoms with E-state index in [4.69, 9.17) is 9.47 Å². The number of amides is 1. The average molecular weight is 427 g/mol. The number of fused-ring (bicyclic) bond motifs is 1. The lowest BCUT2D eigenvalue weighted by Crippen LogP contribution is -2.55. The van der Waals surface area contributed by atoms with E-state index in [1.165, 1.54) is 11.1 Å². The molecule has 2 aromatic rings. The third-order valence-corrected chi connectivity index (χ3v) is 5.78. The van der Waals surface area contributed by atoms with E-state index in [-0.39, 0.29) is 18.3 Å². The van der Waals surface area contributed by atoms with E-state index in [0.29, 0.717) is 13.1 Å². The summed E-state index contributed by atoms with van der Waals surface area (Å²) >= 11 is 0. The summed E-state index contributed by atoms with van der Waals surface area (Å²) in [6.07, 6.45) is 1.91. The van der Waals surface area contributed by atoms with Crippen molar-refractivity contribution in [1.82, 2.24) is 14.8 Å². The number of hydrogen-bond donors (Lipinski definition) is 0. The first-order valence-corrected chi connectivity index (χ1v) is 11.2. The zero-order valence-corrected chi connectivity index (χ0v) is 19.1. The van der Waals surface area contributed by atoms with Crippen molar-refractivity contribution in [3.8, 4) is 0 Å². The summed E-state index contributed by atoms with van der Waals surface area (Å²) in [7, 11) is 0. The lowest BCUT2D eigenvalue weighted by molar-refractivity contribution is -0.0393. The Hall–Kier alpha value is -2.38. The number of carbonyl (C=O) groups excluding carboxylic acids is 1. The van der Waals surface area contributed by atoms with Gasteiger partial charge in [0.15, 0.2) is 0 Å². The van der Waals surface area contributed by atoms with Gasteiger partial charge in [-0.2, -0.15) is 0 Å². The van der Waals surface area contributed by atoms with Crippen molar-refractivity contribution in [2.24, 2.45) is 0 Å². The van der Waals surface area contributed by atoms with Gasteiger partial charge in [-0.1, -0.05) is 6.07 Å². The highest BCUT2D eigenvalue weighted by molar-refractivity contribution is 5.91.